The number of ether oxygens (including phenoxy) is 7. The first-order valence-electron chi connectivity index (χ1n) is 14.3. The Labute approximate surface area is 248 Å². The Balaban J connectivity index is 2.82. The minimum atomic E-state index is -1.09. The Kier molecular flexibility index (Phi) is 16.3. The van der Waals surface area contributed by atoms with Crippen molar-refractivity contribution in [1.29, 1.82) is 0 Å². The van der Waals surface area contributed by atoms with Gasteiger partial charge in [-0.3, -0.25) is 4.79 Å². The van der Waals surface area contributed by atoms with Gasteiger partial charge in [-0.25, -0.2) is 14.4 Å². The molecule has 0 spiro atoms. The van der Waals surface area contributed by atoms with Gasteiger partial charge in [-0.05, 0) is 68.6 Å². The van der Waals surface area contributed by atoms with Gasteiger partial charge in [-0.1, -0.05) is 47.6 Å². The van der Waals surface area contributed by atoms with E-state index >= 15 is 0 Å². The predicted octanol–water partition coefficient (Wildman–Crippen LogP) is 5.81. The van der Waals surface area contributed by atoms with Crippen molar-refractivity contribution >= 4 is 24.4 Å². The molecule has 238 valence electrons. The van der Waals surface area contributed by atoms with E-state index in [2.05, 4.69) is 0 Å². The summed E-state index contributed by atoms with van der Waals surface area (Å²) in [5.74, 6) is -0.153. The second kappa shape index (κ2) is 18.8. The van der Waals surface area contributed by atoms with Gasteiger partial charge in [-0.15, -0.1) is 0 Å². The molecule has 0 saturated heterocycles. The van der Waals surface area contributed by atoms with E-state index in [-0.39, 0.29) is 49.8 Å². The second-order valence-electron chi connectivity index (χ2n) is 11.2. The van der Waals surface area contributed by atoms with Crippen LogP contribution in [0.25, 0.3) is 0 Å². The minimum Gasteiger partial charge on any atom is -0.461 e. The highest BCUT2D eigenvalue weighted by Crippen LogP contribution is 2.30. The maximum Gasteiger partial charge on any atom is 0.513 e. The number of hydrogen-bond acceptors (Lipinski definition) is 12. The van der Waals surface area contributed by atoms with Crippen LogP contribution in [0, 0.1) is 17.8 Å². The van der Waals surface area contributed by atoms with E-state index in [1.54, 1.807) is 19.9 Å². The van der Waals surface area contributed by atoms with E-state index < -0.39 is 36.6 Å². The van der Waals surface area contributed by atoms with Crippen LogP contribution in [0.2, 0.25) is 0 Å². The fourth-order valence-electron chi connectivity index (χ4n) is 3.00. The molecule has 0 aromatic heterocycles. The largest absolute Gasteiger partial charge is 0.513 e. The summed E-state index contributed by atoms with van der Waals surface area (Å²) >= 11 is 0. The maximum atomic E-state index is 12.5. The lowest BCUT2D eigenvalue weighted by Gasteiger charge is -2.19. The number of hydrogen-bond donors (Lipinski definition) is 1. The molecule has 1 rings (SSSR count). The van der Waals surface area contributed by atoms with Gasteiger partial charge in [0.2, 0.25) is 0 Å². The summed E-state index contributed by atoms with van der Waals surface area (Å²) in [5, 5.41) is 0. The van der Waals surface area contributed by atoms with Gasteiger partial charge in [0.15, 0.2) is 11.5 Å². The topological polar surface area (TPSA) is 159 Å². The fraction of sp³-hybridized carbons (Fsp3) is 0.667. The van der Waals surface area contributed by atoms with Crippen LogP contribution in [0.1, 0.15) is 73.8 Å². The SMILES string of the molecule is CC(C)CCOC(=O)Oc1ccc(C[C@H](N)C(=O)OC[C@H](C)OC(=O)OC(C)C(C)C)cc1OC(=O)OCCC(C)C. The van der Waals surface area contributed by atoms with Gasteiger partial charge in [0.05, 0.1) is 13.2 Å². The van der Waals surface area contributed by atoms with Gasteiger partial charge in [0.1, 0.15) is 24.9 Å². The first-order chi connectivity index (χ1) is 19.7. The fourth-order valence-corrected chi connectivity index (χ4v) is 3.00. The number of nitrogens with two attached hydrogens (primary N) is 1. The first-order valence-corrected chi connectivity index (χ1v) is 14.3. The zero-order valence-electron chi connectivity index (χ0n) is 26.0. The summed E-state index contributed by atoms with van der Waals surface area (Å²) in [4.78, 5) is 48.8. The molecule has 0 aliphatic carbocycles. The highest BCUT2D eigenvalue weighted by atomic mass is 16.7. The quantitative estimate of drug-likeness (QED) is 0.139. The third-order valence-corrected chi connectivity index (χ3v) is 5.96. The normalized spacial score (nSPS) is 13.2. The average Bonchev–Trinajstić information content (AvgIpc) is 2.88. The van der Waals surface area contributed by atoms with Crippen molar-refractivity contribution in [1.82, 2.24) is 0 Å². The number of carbonyl (C=O) groups is 4. The van der Waals surface area contributed by atoms with Crippen molar-refractivity contribution in [2.75, 3.05) is 19.8 Å². The second-order valence-corrected chi connectivity index (χ2v) is 11.2. The van der Waals surface area contributed by atoms with Crippen LogP contribution in [-0.2, 0) is 34.9 Å². The van der Waals surface area contributed by atoms with Gasteiger partial charge in [0, 0.05) is 0 Å². The molecule has 1 unspecified atom stereocenters. The summed E-state index contributed by atoms with van der Waals surface area (Å²) in [7, 11) is 0. The highest BCUT2D eigenvalue weighted by Gasteiger charge is 2.22. The predicted molar refractivity (Wildman–Crippen MR) is 153 cm³/mol. The molecule has 1 aromatic rings. The van der Waals surface area contributed by atoms with Crippen molar-refractivity contribution in [3.05, 3.63) is 23.8 Å². The average molecular weight is 598 g/mol. The number of esters is 1. The van der Waals surface area contributed by atoms with Crippen molar-refractivity contribution in [2.45, 2.75) is 92.9 Å². The lowest BCUT2D eigenvalue weighted by atomic mass is 10.1. The summed E-state index contributed by atoms with van der Waals surface area (Å²) in [5.41, 5.74) is 6.52. The molecule has 0 radical (unpaired) electrons. The van der Waals surface area contributed by atoms with Crippen molar-refractivity contribution in [2.24, 2.45) is 23.5 Å². The molecule has 0 bridgehead atoms. The molecule has 12 nitrogen and oxygen atoms in total. The van der Waals surface area contributed by atoms with Crippen LogP contribution >= 0.6 is 0 Å². The number of carbonyl (C=O) groups excluding carboxylic acids is 4. The molecular weight excluding hydrogens is 550 g/mol. The standard InChI is InChI=1S/C30H47NO11/c1-18(2)11-13-36-28(33)41-25-10-9-23(16-26(25)42-29(34)37-14-12-19(3)4)15-24(31)27(32)38-17-21(7)39-30(35)40-22(8)20(5)6/h9-10,16,18-22,24H,11-15,17,31H2,1-8H3/t21-,22?,24-/m0/s1. The molecular formula is C30H47NO11. The molecule has 0 fully saturated rings. The van der Waals surface area contributed by atoms with Crippen molar-refractivity contribution in [3.8, 4) is 11.5 Å². The van der Waals surface area contributed by atoms with Crippen LogP contribution < -0.4 is 15.2 Å². The Morgan fingerprint density at radius 3 is 1.79 bits per heavy atom. The van der Waals surface area contributed by atoms with Crippen LogP contribution in [-0.4, -0.2) is 62.5 Å². The monoisotopic (exact) mass is 597 g/mol. The zero-order valence-corrected chi connectivity index (χ0v) is 26.0. The van der Waals surface area contributed by atoms with Crippen LogP contribution in [0.15, 0.2) is 18.2 Å². The van der Waals surface area contributed by atoms with Crippen molar-refractivity contribution < 1.29 is 52.3 Å². The number of benzene rings is 1. The molecule has 0 amide bonds. The Morgan fingerprint density at radius 1 is 0.714 bits per heavy atom. The molecule has 0 saturated carbocycles. The smallest absolute Gasteiger partial charge is 0.461 e. The summed E-state index contributed by atoms with van der Waals surface area (Å²) in [6.45, 7) is 15.2. The summed E-state index contributed by atoms with van der Waals surface area (Å²) in [6, 6.07) is 3.26. The molecule has 0 aliphatic rings. The first kappa shape index (κ1) is 36.5. The summed E-state index contributed by atoms with van der Waals surface area (Å²) < 4.78 is 36.2. The van der Waals surface area contributed by atoms with Crippen LogP contribution in [0.4, 0.5) is 14.4 Å². The third kappa shape index (κ3) is 15.5. The van der Waals surface area contributed by atoms with Crippen LogP contribution in [0.5, 0.6) is 11.5 Å². The van der Waals surface area contributed by atoms with E-state index in [4.69, 9.17) is 38.9 Å². The van der Waals surface area contributed by atoms with E-state index in [0.29, 0.717) is 30.2 Å². The molecule has 0 aliphatic heterocycles. The van der Waals surface area contributed by atoms with Gasteiger partial charge in [0.25, 0.3) is 0 Å². The third-order valence-electron chi connectivity index (χ3n) is 5.96. The molecule has 12 heteroatoms. The number of rotatable bonds is 16. The highest BCUT2D eigenvalue weighted by molar-refractivity contribution is 5.76. The minimum absolute atomic E-state index is 0.000111. The molecule has 42 heavy (non-hydrogen) atoms. The van der Waals surface area contributed by atoms with Crippen molar-refractivity contribution in [3.63, 3.8) is 0 Å². The van der Waals surface area contributed by atoms with Gasteiger partial charge < -0.3 is 38.9 Å². The van der Waals surface area contributed by atoms with E-state index in [0.717, 1.165) is 0 Å². The molecule has 3 atom stereocenters. The lowest BCUT2D eigenvalue weighted by molar-refractivity contribution is -0.148. The van der Waals surface area contributed by atoms with Crippen LogP contribution in [0.3, 0.4) is 0 Å². The Bertz CT molecular complexity index is 1010. The Morgan fingerprint density at radius 2 is 1.26 bits per heavy atom. The molecule has 0 heterocycles. The van der Waals surface area contributed by atoms with E-state index in [9.17, 15) is 19.2 Å². The van der Waals surface area contributed by atoms with E-state index in [1.165, 1.54) is 12.1 Å². The molecule has 1 aromatic carbocycles. The lowest BCUT2D eigenvalue weighted by Crippen LogP contribution is -2.36. The molecule has 2 N–H and O–H groups in total. The zero-order chi connectivity index (χ0) is 31.8. The maximum absolute atomic E-state index is 12.5. The Hall–Kier alpha value is -3.54. The van der Waals surface area contributed by atoms with Gasteiger partial charge >= 0.3 is 24.4 Å². The van der Waals surface area contributed by atoms with Gasteiger partial charge in [-0.2, -0.15) is 0 Å². The van der Waals surface area contributed by atoms with E-state index in [1.807, 2.05) is 41.5 Å². The summed E-state index contributed by atoms with van der Waals surface area (Å²) in [6.07, 6.45) is -2.59.